The Morgan fingerprint density at radius 1 is 0.380 bits per heavy atom. The molecule has 14 rings (SSSR count). The fraction of sp³-hybridized carbons (Fsp3) is 0.628. The molecule has 4 saturated heterocycles. The van der Waals surface area contributed by atoms with Crippen molar-refractivity contribution in [3.63, 3.8) is 0 Å². The van der Waals surface area contributed by atoms with Gasteiger partial charge in [-0.15, -0.1) is 0 Å². The molecule has 5 aromatic rings. The lowest BCUT2D eigenvalue weighted by Crippen LogP contribution is -2.47. The number of nitriles is 2. The van der Waals surface area contributed by atoms with Crippen LogP contribution in [0.15, 0.2) is 24.3 Å². The Hall–Kier alpha value is -7.00. The van der Waals surface area contributed by atoms with Crippen molar-refractivity contribution in [1.82, 2.24) is 39.2 Å². The van der Waals surface area contributed by atoms with E-state index in [9.17, 15) is 30.9 Å². The Kier molecular flexibility index (Phi) is 22.9. The maximum Gasteiger partial charge on any atom is 0.189 e. The van der Waals surface area contributed by atoms with E-state index in [1.165, 1.54) is 27.8 Å². The number of phenolic OH excluding ortho intramolecular Hbond substituents is 4. The molecule has 0 aromatic heterocycles. The van der Waals surface area contributed by atoms with Crippen LogP contribution in [-0.4, -0.2) is 260 Å². The molecule has 0 amide bonds. The Balaban J connectivity index is 0.000000197. The van der Waals surface area contributed by atoms with Crippen molar-refractivity contribution >= 4 is 0 Å². The van der Waals surface area contributed by atoms with Gasteiger partial charge in [0.25, 0.3) is 0 Å². The van der Waals surface area contributed by atoms with Crippen molar-refractivity contribution in [2.24, 2.45) is 0 Å². The molecule has 108 heavy (non-hydrogen) atoms. The Labute approximate surface area is 641 Å². The molecule has 1 unspecified atom stereocenters. The Morgan fingerprint density at radius 2 is 0.676 bits per heavy atom. The third-order valence-corrected chi connectivity index (χ3v) is 26.1. The summed E-state index contributed by atoms with van der Waals surface area (Å²) in [5.41, 5.74) is 13.8. The van der Waals surface area contributed by atoms with Crippen molar-refractivity contribution in [2.75, 3.05) is 200 Å². The van der Waals surface area contributed by atoms with Crippen LogP contribution in [-0.2, 0) is 77.6 Å². The van der Waals surface area contributed by atoms with Gasteiger partial charge >= 0.3 is 0 Å². The SMILES string of the molecule is COCCN1CCN(Cc2c(O)c(O)cc3c2C2(CC3(C)C)CC(C)(C)c3cc(O)c(O)c(CN4CCN(CCOC)CC4)c32)CC1.COCCN1CCN(Cc2c(OC)c(OC)cc3c2C2(CC3(C)C)CC(C)(C)c3cc4c(c(CN5CCN(CCOC)CC5)c32)Oc2c(C#N)c(C)c(C)c(C#N)c2O4)CC1. The minimum atomic E-state index is -0.501. The first kappa shape index (κ1) is 79.1. The Bertz CT molecular complexity index is 4150. The lowest BCUT2D eigenvalue weighted by molar-refractivity contribution is 0.0928. The molecule has 4 fully saturated rings. The highest BCUT2D eigenvalue weighted by Crippen LogP contribution is 2.70. The lowest BCUT2D eigenvalue weighted by atomic mass is 9.70. The van der Waals surface area contributed by atoms with Crippen LogP contribution >= 0.6 is 0 Å². The van der Waals surface area contributed by atoms with Crippen LogP contribution < -0.4 is 18.9 Å². The van der Waals surface area contributed by atoms with E-state index in [0.29, 0.717) is 73.6 Å². The maximum atomic E-state index is 11.7. The number of fused-ring (bicyclic) bond motifs is 10. The largest absolute Gasteiger partial charge is 0.504 e. The number of rotatable bonds is 22. The minimum absolute atomic E-state index is 0.0365. The van der Waals surface area contributed by atoms with Crippen LogP contribution in [0.1, 0.15) is 170 Å². The van der Waals surface area contributed by atoms with Gasteiger partial charge in [-0.05, 0) is 141 Å². The molecule has 0 saturated carbocycles. The third kappa shape index (κ3) is 14.4. The highest BCUT2D eigenvalue weighted by atomic mass is 16.6. The second-order valence-corrected chi connectivity index (χ2v) is 34.8. The van der Waals surface area contributed by atoms with Crippen LogP contribution in [0.3, 0.4) is 0 Å². The number of aromatic hydroxyl groups is 4. The van der Waals surface area contributed by atoms with Gasteiger partial charge in [-0.25, -0.2) is 0 Å². The van der Waals surface area contributed by atoms with Gasteiger partial charge in [0.2, 0.25) is 0 Å². The highest BCUT2D eigenvalue weighted by molar-refractivity contribution is 5.77. The maximum absolute atomic E-state index is 11.7. The second-order valence-electron chi connectivity index (χ2n) is 34.8. The molecule has 0 bridgehead atoms. The molecule has 1 atom stereocenters. The number of hydrogen-bond donors (Lipinski definition) is 4. The van der Waals surface area contributed by atoms with Gasteiger partial charge in [0, 0.05) is 219 Å². The smallest absolute Gasteiger partial charge is 0.189 e. The molecule has 4 aliphatic carbocycles. The summed E-state index contributed by atoms with van der Waals surface area (Å²) in [6, 6.07) is 12.8. The second kappa shape index (κ2) is 31.3. The van der Waals surface area contributed by atoms with E-state index in [-0.39, 0.29) is 44.7 Å². The summed E-state index contributed by atoms with van der Waals surface area (Å²) < 4.78 is 48.0. The number of benzene rings is 5. The van der Waals surface area contributed by atoms with Gasteiger partial charge in [-0.3, -0.25) is 39.2 Å². The number of nitrogens with zero attached hydrogens (tertiary/aromatic N) is 10. The van der Waals surface area contributed by atoms with E-state index in [1.54, 1.807) is 54.8 Å². The molecule has 22 heteroatoms. The molecule has 5 aliphatic heterocycles. The number of ether oxygens (including phenoxy) is 8. The van der Waals surface area contributed by atoms with Crippen LogP contribution in [0.4, 0.5) is 0 Å². The van der Waals surface area contributed by atoms with Crippen molar-refractivity contribution in [3.05, 3.63) is 113 Å². The predicted octanol–water partition coefficient (Wildman–Crippen LogP) is 10.8. The number of methoxy groups -OCH3 is 6. The first-order valence-corrected chi connectivity index (χ1v) is 39.3. The predicted molar refractivity (Wildman–Crippen MR) is 418 cm³/mol. The van der Waals surface area contributed by atoms with Gasteiger partial charge in [0.05, 0.1) is 40.6 Å². The third-order valence-electron chi connectivity index (χ3n) is 26.1. The summed E-state index contributed by atoms with van der Waals surface area (Å²) in [6.07, 6.45) is 3.36. The van der Waals surface area contributed by atoms with Gasteiger partial charge in [0.15, 0.2) is 57.5 Å². The van der Waals surface area contributed by atoms with Crippen LogP contribution in [0.2, 0.25) is 0 Å². The minimum Gasteiger partial charge on any atom is -0.504 e. The first-order valence-electron chi connectivity index (χ1n) is 39.3. The quantitative estimate of drug-likeness (QED) is 0.0463. The lowest BCUT2D eigenvalue weighted by Gasteiger charge is -2.39. The molecule has 4 N–H and O–H groups in total. The molecule has 9 aliphatic rings. The van der Waals surface area contributed by atoms with E-state index < -0.39 is 10.8 Å². The summed E-state index contributed by atoms with van der Waals surface area (Å²) in [5, 5.41) is 66.6. The van der Waals surface area contributed by atoms with Gasteiger partial charge in [-0.2, -0.15) is 10.5 Å². The van der Waals surface area contributed by atoms with Crippen LogP contribution in [0, 0.1) is 36.5 Å². The van der Waals surface area contributed by atoms with Crippen LogP contribution in [0.5, 0.6) is 57.5 Å². The average molecular weight is 1490 g/mol. The first-order chi connectivity index (χ1) is 51.6. The summed E-state index contributed by atoms with van der Waals surface area (Å²) in [6.45, 7) is 45.9. The molecular weight excluding hydrogens is 1370 g/mol. The molecule has 5 aromatic carbocycles. The zero-order chi connectivity index (χ0) is 77.2. The van der Waals surface area contributed by atoms with Crippen LogP contribution in [0.25, 0.3) is 0 Å². The fourth-order valence-electron chi connectivity index (χ4n) is 20.9. The van der Waals surface area contributed by atoms with E-state index in [1.807, 2.05) is 13.8 Å². The van der Waals surface area contributed by atoms with Crippen molar-refractivity contribution < 1.29 is 58.3 Å². The fourth-order valence-corrected chi connectivity index (χ4v) is 20.9. The zero-order valence-electron chi connectivity index (χ0n) is 67.5. The van der Waals surface area contributed by atoms with Crippen molar-refractivity contribution in [1.29, 1.82) is 10.5 Å². The molecule has 22 nitrogen and oxygen atoms in total. The van der Waals surface area contributed by atoms with E-state index in [2.05, 4.69) is 119 Å². The normalized spacial score (nSPS) is 22.1. The standard InChI is InChI=1S/C49H64N6O6.C37H56N4O6/c1-31-32(2)34(26-51)46-45(33(31)25-50)60-40-24-38-42(36(44(40)61-46)28-55-17-13-53(14-18-55)20-22-57-8)49(30-48(38,5)6)29-47(3,4)37-23-39(58-9)43(59-10)35(41(37)49)27-54-15-11-52(12-16-54)19-21-56-7;1-35(2)23-37(31-25(33(44)29(42)19-27(31)35)21-40-11-7-38(8-12-40)15-17-46-5)24-36(3,4)28-20-30(43)34(45)26(32(28)37)22-41-13-9-39(10-14-41)16-18-47-6/h23-24H,11-22,27-30H2,1-10H3;19-20,42-45H,7-18,21-24H2,1-6H3. The number of hydrogen-bond acceptors (Lipinski definition) is 22. The summed E-state index contributed by atoms with van der Waals surface area (Å²) in [7, 11) is 10.5. The van der Waals surface area contributed by atoms with Gasteiger partial charge < -0.3 is 58.3 Å². The summed E-state index contributed by atoms with van der Waals surface area (Å²) >= 11 is 0. The Morgan fingerprint density at radius 3 is 1.01 bits per heavy atom. The summed E-state index contributed by atoms with van der Waals surface area (Å²) in [4.78, 5) is 19.7. The molecule has 5 heterocycles. The molecule has 0 radical (unpaired) electrons. The molecule has 2 spiro atoms. The highest BCUT2D eigenvalue weighted by Gasteiger charge is 2.62. The zero-order valence-corrected chi connectivity index (χ0v) is 67.5. The van der Waals surface area contributed by atoms with E-state index >= 15 is 0 Å². The number of phenols is 4. The van der Waals surface area contributed by atoms with Gasteiger partial charge in [0.1, 0.15) is 23.3 Å². The monoisotopic (exact) mass is 1480 g/mol. The van der Waals surface area contributed by atoms with Gasteiger partial charge in [-0.1, -0.05) is 55.4 Å². The van der Waals surface area contributed by atoms with E-state index in [0.717, 1.165) is 231 Å². The van der Waals surface area contributed by atoms with Crippen molar-refractivity contribution in [3.8, 4) is 69.6 Å². The summed E-state index contributed by atoms with van der Waals surface area (Å²) in [5.74, 6) is 3.27. The topological polar surface area (TPSA) is 228 Å². The number of piperazine rings is 4. The molecule has 586 valence electrons. The molecular formula is C86H120N10O12. The van der Waals surface area contributed by atoms with E-state index in [4.69, 9.17) is 37.9 Å². The van der Waals surface area contributed by atoms with Crippen molar-refractivity contribution in [2.45, 2.75) is 154 Å². The average Bonchev–Trinajstić information content (AvgIpc) is 1.51.